The molecule has 0 saturated heterocycles. The Hall–Kier alpha value is -2.24. The maximum atomic E-state index is 12.3. The average molecular weight is 350 g/mol. The number of furan rings is 1. The highest BCUT2D eigenvalue weighted by Crippen LogP contribution is 2.23. The largest absolute Gasteiger partial charge is 0.467 e. The van der Waals surface area contributed by atoms with Gasteiger partial charge in [-0.1, -0.05) is 23.2 Å². The molecule has 0 radical (unpaired) electrons. The van der Waals surface area contributed by atoms with Crippen molar-refractivity contribution >= 4 is 29.1 Å². The first kappa shape index (κ1) is 15.6. The zero-order valence-corrected chi connectivity index (χ0v) is 13.5. The van der Waals surface area contributed by atoms with Crippen molar-refractivity contribution in [2.75, 3.05) is 6.54 Å². The molecule has 118 valence electrons. The number of halogens is 2. The van der Waals surface area contributed by atoms with Gasteiger partial charge in [0.05, 0.1) is 16.3 Å². The Morgan fingerprint density at radius 2 is 2.13 bits per heavy atom. The summed E-state index contributed by atoms with van der Waals surface area (Å²) < 4.78 is 7.17. The van der Waals surface area contributed by atoms with E-state index in [9.17, 15) is 4.79 Å². The summed E-state index contributed by atoms with van der Waals surface area (Å²) in [7, 11) is 0. The van der Waals surface area contributed by atoms with E-state index >= 15 is 0 Å². The van der Waals surface area contributed by atoms with E-state index in [1.165, 1.54) is 6.07 Å². The van der Waals surface area contributed by atoms with E-state index in [1.807, 2.05) is 18.3 Å². The number of hydrogen-bond donors (Lipinski definition) is 1. The second-order valence-corrected chi connectivity index (χ2v) is 5.67. The van der Waals surface area contributed by atoms with Gasteiger partial charge in [-0.2, -0.15) is 5.10 Å². The molecular weight excluding hydrogens is 337 g/mol. The zero-order chi connectivity index (χ0) is 16.2. The van der Waals surface area contributed by atoms with Gasteiger partial charge in [0.2, 0.25) is 0 Å². The van der Waals surface area contributed by atoms with E-state index < -0.39 is 0 Å². The van der Waals surface area contributed by atoms with Gasteiger partial charge in [-0.25, -0.2) is 0 Å². The Bertz CT molecular complexity index is 752. The summed E-state index contributed by atoms with van der Waals surface area (Å²) in [6.07, 6.45) is 5.09. The van der Waals surface area contributed by atoms with Crippen molar-refractivity contribution in [3.63, 3.8) is 0 Å². The third kappa shape index (κ3) is 3.57. The topological polar surface area (TPSA) is 60.1 Å². The summed E-state index contributed by atoms with van der Waals surface area (Å²) in [5.74, 6) is 0.468. The van der Waals surface area contributed by atoms with Gasteiger partial charge in [-0.05, 0) is 36.4 Å². The molecule has 0 aliphatic rings. The van der Waals surface area contributed by atoms with Gasteiger partial charge >= 0.3 is 0 Å². The first-order chi connectivity index (χ1) is 11.1. The number of benzene rings is 1. The Labute approximate surface area is 142 Å². The van der Waals surface area contributed by atoms with E-state index in [4.69, 9.17) is 27.6 Å². The van der Waals surface area contributed by atoms with Gasteiger partial charge in [-0.3, -0.25) is 9.48 Å². The highest BCUT2D eigenvalue weighted by molar-refractivity contribution is 6.42. The molecule has 1 aromatic carbocycles. The second kappa shape index (κ2) is 6.89. The fourth-order valence-corrected chi connectivity index (χ4v) is 2.50. The number of rotatable bonds is 5. The predicted octanol–water partition coefficient (Wildman–Crippen LogP) is 3.80. The Morgan fingerprint density at radius 3 is 2.78 bits per heavy atom. The summed E-state index contributed by atoms with van der Waals surface area (Å²) in [5, 5.41) is 7.83. The first-order valence-corrected chi connectivity index (χ1v) is 7.66. The van der Waals surface area contributed by atoms with Crippen LogP contribution in [0, 0.1) is 0 Å². The molecular formula is C16H13Cl2N3O2. The van der Waals surface area contributed by atoms with Gasteiger partial charge in [-0.15, -0.1) is 0 Å². The van der Waals surface area contributed by atoms with Gasteiger partial charge in [0.15, 0.2) is 0 Å². The van der Waals surface area contributed by atoms with Crippen LogP contribution in [0.1, 0.15) is 22.2 Å². The van der Waals surface area contributed by atoms with Gasteiger partial charge in [0.25, 0.3) is 5.91 Å². The molecule has 0 bridgehead atoms. The van der Waals surface area contributed by atoms with Crippen LogP contribution in [0.5, 0.6) is 0 Å². The quantitative estimate of drug-likeness (QED) is 0.761. The SMILES string of the molecule is O=C(NCC(c1ccco1)n1cccn1)c1ccc(Cl)c(Cl)c1. The minimum Gasteiger partial charge on any atom is -0.467 e. The highest BCUT2D eigenvalue weighted by Gasteiger charge is 2.18. The molecule has 2 aromatic heterocycles. The van der Waals surface area contributed by atoms with Crippen LogP contribution < -0.4 is 5.32 Å². The molecule has 1 unspecified atom stereocenters. The molecule has 1 amide bonds. The summed E-state index contributed by atoms with van der Waals surface area (Å²) in [4.78, 5) is 12.3. The van der Waals surface area contributed by atoms with E-state index in [1.54, 1.807) is 35.3 Å². The van der Waals surface area contributed by atoms with Crippen molar-refractivity contribution in [3.8, 4) is 0 Å². The predicted molar refractivity (Wildman–Crippen MR) is 87.9 cm³/mol. The van der Waals surface area contributed by atoms with E-state index in [-0.39, 0.29) is 11.9 Å². The monoisotopic (exact) mass is 349 g/mol. The number of carbonyl (C=O) groups is 1. The number of nitrogens with zero attached hydrogens (tertiary/aromatic N) is 2. The van der Waals surface area contributed by atoms with Crippen LogP contribution in [0.2, 0.25) is 10.0 Å². The normalized spacial score (nSPS) is 12.1. The molecule has 0 aliphatic heterocycles. The maximum absolute atomic E-state index is 12.3. The Balaban J connectivity index is 1.74. The van der Waals surface area contributed by atoms with Gasteiger partial charge in [0.1, 0.15) is 11.8 Å². The van der Waals surface area contributed by atoms with Crippen molar-refractivity contribution < 1.29 is 9.21 Å². The first-order valence-electron chi connectivity index (χ1n) is 6.91. The lowest BCUT2D eigenvalue weighted by molar-refractivity contribution is 0.0948. The number of amides is 1. The van der Waals surface area contributed by atoms with Crippen LogP contribution in [-0.2, 0) is 0 Å². The molecule has 0 fully saturated rings. The van der Waals surface area contributed by atoms with Crippen LogP contribution in [0.3, 0.4) is 0 Å². The molecule has 7 heteroatoms. The van der Waals surface area contributed by atoms with Crippen LogP contribution in [0.4, 0.5) is 0 Å². The van der Waals surface area contributed by atoms with Crippen molar-refractivity contribution in [1.82, 2.24) is 15.1 Å². The molecule has 0 aliphatic carbocycles. The molecule has 2 heterocycles. The van der Waals surface area contributed by atoms with Crippen LogP contribution in [0.25, 0.3) is 0 Å². The minimum absolute atomic E-state index is 0.230. The average Bonchev–Trinajstić information content (AvgIpc) is 3.24. The molecule has 5 nitrogen and oxygen atoms in total. The van der Waals surface area contributed by atoms with E-state index in [2.05, 4.69) is 10.4 Å². The Kier molecular flexibility index (Phi) is 4.69. The van der Waals surface area contributed by atoms with Crippen LogP contribution >= 0.6 is 23.2 Å². The lowest BCUT2D eigenvalue weighted by atomic mass is 10.2. The second-order valence-electron chi connectivity index (χ2n) is 4.86. The highest BCUT2D eigenvalue weighted by atomic mass is 35.5. The smallest absolute Gasteiger partial charge is 0.251 e. The standard InChI is InChI=1S/C16H13Cl2N3O2/c17-12-5-4-11(9-13(12)18)16(22)19-10-14(15-3-1-8-23-15)21-7-2-6-20-21/h1-9,14H,10H2,(H,19,22). The van der Waals surface area contributed by atoms with Crippen molar-refractivity contribution in [2.45, 2.75) is 6.04 Å². The molecule has 3 aromatic rings. The van der Waals surface area contributed by atoms with E-state index in [0.29, 0.717) is 27.9 Å². The maximum Gasteiger partial charge on any atom is 0.251 e. The minimum atomic E-state index is -0.243. The fraction of sp³-hybridized carbons (Fsp3) is 0.125. The molecule has 0 saturated carbocycles. The molecule has 3 rings (SSSR count). The van der Waals surface area contributed by atoms with Crippen molar-refractivity contribution in [3.05, 3.63) is 76.4 Å². The van der Waals surface area contributed by atoms with Gasteiger partial charge in [0, 0.05) is 24.5 Å². The lowest BCUT2D eigenvalue weighted by Gasteiger charge is -2.16. The third-order valence-corrected chi connectivity index (χ3v) is 4.09. The lowest BCUT2D eigenvalue weighted by Crippen LogP contribution is -2.31. The summed E-state index contributed by atoms with van der Waals surface area (Å²) >= 11 is 11.8. The Morgan fingerprint density at radius 1 is 1.26 bits per heavy atom. The summed E-state index contributed by atoms with van der Waals surface area (Å²) in [5.41, 5.74) is 0.443. The molecule has 23 heavy (non-hydrogen) atoms. The molecule has 1 atom stereocenters. The zero-order valence-electron chi connectivity index (χ0n) is 11.9. The number of aromatic nitrogens is 2. The summed E-state index contributed by atoms with van der Waals surface area (Å²) in [6.45, 7) is 0.328. The fourth-order valence-electron chi connectivity index (χ4n) is 2.20. The number of nitrogens with one attached hydrogen (secondary N) is 1. The van der Waals surface area contributed by atoms with Gasteiger partial charge < -0.3 is 9.73 Å². The van der Waals surface area contributed by atoms with Crippen molar-refractivity contribution in [1.29, 1.82) is 0 Å². The van der Waals surface area contributed by atoms with Crippen LogP contribution in [-0.4, -0.2) is 22.2 Å². The molecule has 1 N–H and O–H groups in total. The third-order valence-electron chi connectivity index (χ3n) is 3.35. The number of hydrogen-bond acceptors (Lipinski definition) is 3. The van der Waals surface area contributed by atoms with Crippen LogP contribution in [0.15, 0.2) is 59.5 Å². The van der Waals surface area contributed by atoms with Crippen molar-refractivity contribution in [2.24, 2.45) is 0 Å². The summed E-state index contributed by atoms with van der Waals surface area (Å²) in [6, 6.07) is 9.98. The van der Waals surface area contributed by atoms with E-state index in [0.717, 1.165) is 0 Å². The molecule has 0 spiro atoms. The number of carbonyl (C=O) groups excluding carboxylic acids is 1.